The third-order valence-corrected chi connectivity index (χ3v) is 8.50. The summed E-state index contributed by atoms with van der Waals surface area (Å²) in [7, 11) is 1.89. The molecule has 0 bridgehead atoms. The fraction of sp³-hybridized carbons (Fsp3) is 0.342. The van der Waals surface area contributed by atoms with E-state index >= 15 is 0 Å². The van der Waals surface area contributed by atoms with Gasteiger partial charge in [-0.15, -0.1) is 0 Å². The van der Waals surface area contributed by atoms with Crippen molar-refractivity contribution in [3.63, 3.8) is 0 Å². The van der Waals surface area contributed by atoms with Crippen LogP contribution in [0.25, 0.3) is 21.5 Å². The maximum absolute atomic E-state index is 13.3. The number of hydrogen-bond acceptors (Lipinski definition) is 7. The average molecular weight is 651 g/mol. The van der Waals surface area contributed by atoms with Crippen molar-refractivity contribution in [1.82, 2.24) is 19.6 Å². The van der Waals surface area contributed by atoms with Crippen molar-refractivity contribution in [3.05, 3.63) is 95.1 Å². The lowest BCUT2D eigenvalue weighted by molar-refractivity contribution is 0.0573. The van der Waals surface area contributed by atoms with Gasteiger partial charge in [0.1, 0.15) is 0 Å². The van der Waals surface area contributed by atoms with E-state index in [1.54, 1.807) is 43.3 Å². The number of nitrogens with zero attached hydrogens (tertiary/aromatic N) is 4. The van der Waals surface area contributed by atoms with Gasteiger partial charge in [-0.25, -0.2) is 4.79 Å². The first-order chi connectivity index (χ1) is 23.2. The van der Waals surface area contributed by atoms with Crippen molar-refractivity contribution in [3.8, 4) is 0 Å². The smallest absolute Gasteiger partial charge is 0.409 e. The minimum atomic E-state index is -0.517. The number of amides is 5. The maximum Gasteiger partial charge on any atom is 0.409 e. The fourth-order valence-corrected chi connectivity index (χ4v) is 6.21. The topological polar surface area (TPSA) is 108 Å². The van der Waals surface area contributed by atoms with Crippen molar-refractivity contribution < 1.29 is 28.7 Å². The van der Waals surface area contributed by atoms with Crippen molar-refractivity contribution in [1.29, 1.82) is 0 Å². The van der Waals surface area contributed by atoms with Crippen LogP contribution in [0.3, 0.4) is 0 Å². The molecule has 0 saturated carbocycles. The number of carbonyl (C=O) groups is 5. The van der Waals surface area contributed by atoms with Crippen LogP contribution in [0.5, 0.6) is 0 Å². The molecule has 4 aromatic carbocycles. The summed E-state index contributed by atoms with van der Waals surface area (Å²) in [5, 5.41) is 3.06. The Morgan fingerprint density at radius 1 is 0.604 bits per heavy atom. The SMILES string of the molecule is CCC.CCOC(=O)N(CCCN(C)CCN1C(=O)c2cccc3cccc(c23)C1=O)CCN1C(=O)c2cccc3cccc(c23)C1=O. The molecule has 2 aliphatic heterocycles. The zero-order valence-corrected chi connectivity index (χ0v) is 28.0. The first-order valence-corrected chi connectivity index (χ1v) is 16.6. The van der Waals surface area contributed by atoms with Gasteiger partial charge in [-0.05, 0) is 62.0 Å². The summed E-state index contributed by atoms with van der Waals surface area (Å²) in [6, 6.07) is 21.7. The van der Waals surface area contributed by atoms with Crippen LogP contribution in [-0.2, 0) is 4.74 Å². The van der Waals surface area contributed by atoms with Crippen LogP contribution in [0.15, 0.2) is 72.8 Å². The Labute approximate surface area is 280 Å². The van der Waals surface area contributed by atoms with E-state index in [0.29, 0.717) is 59.1 Å². The van der Waals surface area contributed by atoms with Crippen LogP contribution in [-0.4, -0.2) is 102 Å². The molecule has 0 atom stereocenters. The predicted octanol–water partition coefficient (Wildman–Crippen LogP) is 6.08. The summed E-state index contributed by atoms with van der Waals surface area (Å²) in [6.07, 6.45) is 1.31. The van der Waals surface area contributed by atoms with E-state index in [1.165, 1.54) is 21.1 Å². The Hall–Kier alpha value is -5.09. The predicted molar refractivity (Wildman–Crippen MR) is 185 cm³/mol. The van der Waals surface area contributed by atoms with Crippen molar-refractivity contribution >= 4 is 51.3 Å². The third kappa shape index (κ3) is 6.80. The second-order valence-electron chi connectivity index (χ2n) is 12.0. The van der Waals surface area contributed by atoms with Gasteiger partial charge in [0.15, 0.2) is 0 Å². The molecule has 250 valence electrons. The highest BCUT2D eigenvalue weighted by atomic mass is 16.6. The van der Waals surface area contributed by atoms with E-state index in [2.05, 4.69) is 13.8 Å². The number of rotatable bonds is 11. The molecule has 10 heteroatoms. The number of carbonyl (C=O) groups excluding carboxylic acids is 5. The molecule has 0 fully saturated rings. The number of benzene rings is 4. The third-order valence-electron chi connectivity index (χ3n) is 8.50. The van der Waals surface area contributed by atoms with E-state index in [0.717, 1.165) is 10.8 Å². The van der Waals surface area contributed by atoms with Gasteiger partial charge in [-0.1, -0.05) is 68.8 Å². The number of likely N-dealkylation sites (N-methyl/N-ethyl adjacent to an activating group) is 1. The molecule has 4 aromatic rings. The Bertz CT molecular complexity index is 1770. The van der Waals surface area contributed by atoms with E-state index in [1.807, 2.05) is 48.3 Å². The van der Waals surface area contributed by atoms with Crippen LogP contribution in [0, 0.1) is 0 Å². The molecule has 2 heterocycles. The van der Waals surface area contributed by atoms with E-state index < -0.39 is 6.09 Å². The summed E-state index contributed by atoms with van der Waals surface area (Å²) >= 11 is 0. The molecule has 6 rings (SSSR count). The molecule has 2 aliphatic rings. The van der Waals surface area contributed by atoms with E-state index in [4.69, 9.17) is 4.74 Å². The largest absolute Gasteiger partial charge is 0.450 e. The monoisotopic (exact) mass is 650 g/mol. The van der Waals surface area contributed by atoms with E-state index in [9.17, 15) is 24.0 Å². The molecular weight excluding hydrogens is 608 g/mol. The highest BCUT2D eigenvalue weighted by molar-refractivity contribution is 6.26. The lowest BCUT2D eigenvalue weighted by atomic mass is 9.94. The number of imide groups is 2. The molecule has 0 aromatic heterocycles. The van der Waals surface area contributed by atoms with E-state index in [-0.39, 0.29) is 49.9 Å². The fourth-order valence-electron chi connectivity index (χ4n) is 6.21. The molecule has 0 saturated heterocycles. The summed E-state index contributed by atoms with van der Waals surface area (Å²) < 4.78 is 5.26. The zero-order chi connectivity index (χ0) is 34.4. The second kappa shape index (κ2) is 15.2. The van der Waals surface area contributed by atoms with Crippen LogP contribution < -0.4 is 0 Å². The average Bonchev–Trinajstić information content (AvgIpc) is 3.09. The van der Waals surface area contributed by atoms with Gasteiger partial charge in [0, 0.05) is 65.8 Å². The standard InChI is InChI=1S/C35H34N4O6.C3H8/c1-3-45-35(44)37(20-22-39-33(42)27-15-6-11-24-12-7-16-28(30(24)27)34(39)43)18-8-17-36(2)19-21-38-31(40)25-13-4-9-23-10-5-14-26(29(23)25)32(38)41;1-3-2/h4-7,9-16H,3,8,17-22H2,1-2H3;3H2,1-2H3. The minimum Gasteiger partial charge on any atom is -0.450 e. The van der Waals surface area contributed by atoms with Gasteiger partial charge in [0.25, 0.3) is 23.6 Å². The molecule has 0 unspecified atom stereocenters. The quantitative estimate of drug-likeness (QED) is 0.181. The zero-order valence-electron chi connectivity index (χ0n) is 28.0. The van der Waals surface area contributed by atoms with Crippen LogP contribution >= 0.6 is 0 Å². The molecule has 0 N–H and O–H groups in total. The van der Waals surface area contributed by atoms with Gasteiger partial charge in [-0.2, -0.15) is 0 Å². The first kappa shape index (κ1) is 34.3. The Balaban J connectivity index is 0.00000145. The molecule has 0 spiro atoms. The highest BCUT2D eigenvalue weighted by Crippen LogP contribution is 2.31. The van der Waals surface area contributed by atoms with Crippen LogP contribution in [0.4, 0.5) is 4.79 Å². The number of hydrogen-bond donors (Lipinski definition) is 0. The molecule has 10 nitrogen and oxygen atoms in total. The van der Waals surface area contributed by atoms with Gasteiger partial charge < -0.3 is 14.5 Å². The van der Waals surface area contributed by atoms with Crippen molar-refractivity contribution in [2.45, 2.75) is 33.6 Å². The summed E-state index contributed by atoms with van der Waals surface area (Å²) in [6.45, 7) is 7.93. The van der Waals surface area contributed by atoms with Gasteiger partial charge in [-0.3, -0.25) is 29.0 Å². The minimum absolute atomic E-state index is 0.0322. The normalized spacial score (nSPS) is 13.7. The van der Waals surface area contributed by atoms with Gasteiger partial charge in [0.2, 0.25) is 0 Å². The van der Waals surface area contributed by atoms with Crippen molar-refractivity contribution in [2.75, 3.05) is 52.9 Å². The van der Waals surface area contributed by atoms with Crippen LogP contribution in [0.2, 0.25) is 0 Å². The van der Waals surface area contributed by atoms with Gasteiger partial charge in [0.05, 0.1) is 6.61 Å². The highest BCUT2D eigenvalue weighted by Gasteiger charge is 2.34. The molecule has 5 amide bonds. The van der Waals surface area contributed by atoms with Crippen LogP contribution in [0.1, 0.15) is 75.0 Å². The molecule has 48 heavy (non-hydrogen) atoms. The Morgan fingerprint density at radius 2 is 1.00 bits per heavy atom. The Morgan fingerprint density at radius 3 is 1.40 bits per heavy atom. The summed E-state index contributed by atoms with van der Waals surface area (Å²) in [5.41, 5.74) is 2.00. The second-order valence-corrected chi connectivity index (χ2v) is 12.0. The maximum atomic E-state index is 13.3. The number of ether oxygens (including phenoxy) is 1. The summed E-state index contributed by atoms with van der Waals surface area (Å²) in [4.78, 5) is 71.8. The Kier molecular flexibility index (Phi) is 10.9. The molecular formula is C38H42N4O6. The first-order valence-electron chi connectivity index (χ1n) is 16.6. The lowest BCUT2D eigenvalue weighted by Crippen LogP contribution is -2.46. The van der Waals surface area contributed by atoms with Gasteiger partial charge >= 0.3 is 6.09 Å². The lowest BCUT2D eigenvalue weighted by Gasteiger charge is -2.30. The molecule has 0 aliphatic carbocycles. The molecule has 0 radical (unpaired) electrons. The van der Waals surface area contributed by atoms with Crippen molar-refractivity contribution in [2.24, 2.45) is 0 Å². The summed E-state index contributed by atoms with van der Waals surface area (Å²) in [5.74, 6) is -1.36.